The van der Waals surface area contributed by atoms with Crippen LogP contribution in [-0.2, 0) is 4.79 Å². The Bertz CT molecular complexity index is 854. The molecule has 0 radical (unpaired) electrons. The van der Waals surface area contributed by atoms with Crippen LogP contribution in [-0.4, -0.2) is 26.0 Å². The molecule has 0 N–H and O–H groups in total. The molecule has 6 heteroatoms. The maximum Gasteiger partial charge on any atom is 0.123 e. The van der Waals surface area contributed by atoms with Crippen molar-refractivity contribution in [2.24, 2.45) is 5.92 Å². The van der Waals surface area contributed by atoms with E-state index in [1.165, 1.54) is 0 Å². The van der Waals surface area contributed by atoms with Gasteiger partial charge >= 0.3 is 0 Å². The van der Waals surface area contributed by atoms with E-state index >= 15 is 0 Å². The van der Waals surface area contributed by atoms with Crippen molar-refractivity contribution in [1.29, 1.82) is 0 Å². The third kappa shape index (κ3) is 2.33. The summed E-state index contributed by atoms with van der Waals surface area (Å²) in [6, 6.07) is 6.17. The lowest BCUT2D eigenvalue weighted by molar-refractivity contribution is -0.114. The SMILES string of the molecule is O=CC1CC(n2cc(-c3cnc4ccc(Br)cc4n3)cn2)C1. The molecule has 22 heavy (non-hydrogen) atoms. The zero-order valence-electron chi connectivity index (χ0n) is 11.7. The molecule has 0 spiro atoms. The number of rotatable bonds is 3. The molecule has 1 saturated carbocycles. The Morgan fingerprint density at radius 1 is 1.23 bits per heavy atom. The number of carbonyl (C=O) groups excluding carboxylic acids is 1. The maximum atomic E-state index is 10.7. The van der Waals surface area contributed by atoms with Crippen molar-refractivity contribution >= 4 is 33.2 Å². The summed E-state index contributed by atoms with van der Waals surface area (Å²) in [5.41, 5.74) is 3.48. The van der Waals surface area contributed by atoms with Gasteiger partial charge in [0.2, 0.25) is 0 Å². The minimum Gasteiger partial charge on any atom is -0.303 e. The van der Waals surface area contributed by atoms with E-state index in [0.29, 0.717) is 6.04 Å². The van der Waals surface area contributed by atoms with Gasteiger partial charge in [-0.1, -0.05) is 15.9 Å². The van der Waals surface area contributed by atoms with Gasteiger partial charge in [0.15, 0.2) is 0 Å². The van der Waals surface area contributed by atoms with Crippen LogP contribution < -0.4 is 0 Å². The normalized spacial score (nSPS) is 20.8. The molecule has 2 aromatic heterocycles. The number of hydrogen-bond acceptors (Lipinski definition) is 4. The molecular formula is C16H13BrN4O. The molecular weight excluding hydrogens is 344 g/mol. The molecule has 1 aromatic carbocycles. The maximum absolute atomic E-state index is 10.7. The van der Waals surface area contributed by atoms with E-state index in [-0.39, 0.29) is 5.92 Å². The number of nitrogens with zero attached hydrogens (tertiary/aromatic N) is 4. The topological polar surface area (TPSA) is 60.7 Å². The number of carbonyl (C=O) groups is 1. The molecule has 1 aliphatic rings. The first-order valence-corrected chi connectivity index (χ1v) is 7.94. The average Bonchev–Trinajstić information content (AvgIpc) is 2.95. The lowest BCUT2D eigenvalue weighted by atomic mass is 9.81. The summed E-state index contributed by atoms with van der Waals surface area (Å²) in [6.07, 6.45) is 8.35. The van der Waals surface area contributed by atoms with Crippen molar-refractivity contribution in [1.82, 2.24) is 19.7 Å². The summed E-state index contributed by atoms with van der Waals surface area (Å²) in [6.45, 7) is 0. The summed E-state index contributed by atoms with van der Waals surface area (Å²) in [5, 5.41) is 4.40. The quantitative estimate of drug-likeness (QED) is 0.674. The highest BCUT2D eigenvalue weighted by atomic mass is 79.9. The Balaban J connectivity index is 1.64. The van der Waals surface area contributed by atoms with Crippen LogP contribution in [0.2, 0.25) is 0 Å². The highest BCUT2D eigenvalue weighted by Gasteiger charge is 2.30. The number of aromatic nitrogens is 4. The van der Waals surface area contributed by atoms with E-state index in [0.717, 1.165) is 45.9 Å². The van der Waals surface area contributed by atoms with Crippen molar-refractivity contribution in [3.8, 4) is 11.3 Å². The van der Waals surface area contributed by atoms with Crippen LogP contribution in [0.25, 0.3) is 22.3 Å². The molecule has 0 aliphatic heterocycles. The minimum atomic E-state index is 0.190. The van der Waals surface area contributed by atoms with E-state index < -0.39 is 0 Å². The van der Waals surface area contributed by atoms with Crippen molar-refractivity contribution in [2.75, 3.05) is 0 Å². The Hall–Kier alpha value is -2.08. The van der Waals surface area contributed by atoms with Gasteiger partial charge in [0, 0.05) is 22.2 Å². The first-order valence-electron chi connectivity index (χ1n) is 7.15. The number of benzene rings is 1. The van der Waals surface area contributed by atoms with Crippen molar-refractivity contribution in [3.05, 3.63) is 41.3 Å². The lowest BCUT2D eigenvalue weighted by Gasteiger charge is -2.31. The molecule has 3 aromatic rings. The Morgan fingerprint density at radius 2 is 2.09 bits per heavy atom. The van der Waals surface area contributed by atoms with Gasteiger partial charge in [-0.3, -0.25) is 9.67 Å². The summed E-state index contributed by atoms with van der Waals surface area (Å²) in [5.74, 6) is 0.190. The summed E-state index contributed by atoms with van der Waals surface area (Å²) in [4.78, 5) is 19.8. The summed E-state index contributed by atoms with van der Waals surface area (Å²) in [7, 11) is 0. The molecule has 0 saturated heterocycles. The summed E-state index contributed by atoms with van der Waals surface area (Å²) >= 11 is 3.45. The zero-order chi connectivity index (χ0) is 15.1. The van der Waals surface area contributed by atoms with Gasteiger partial charge in [-0.15, -0.1) is 0 Å². The lowest BCUT2D eigenvalue weighted by Crippen LogP contribution is -2.27. The fraction of sp³-hybridized carbons (Fsp3) is 0.250. The molecule has 0 unspecified atom stereocenters. The molecule has 2 heterocycles. The van der Waals surface area contributed by atoms with Crippen LogP contribution in [0, 0.1) is 5.92 Å². The fourth-order valence-corrected chi connectivity index (χ4v) is 3.10. The number of halogens is 1. The van der Waals surface area contributed by atoms with Crippen LogP contribution in [0.1, 0.15) is 18.9 Å². The van der Waals surface area contributed by atoms with Crippen LogP contribution in [0.5, 0.6) is 0 Å². The molecule has 4 rings (SSSR count). The molecule has 1 fully saturated rings. The van der Waals surface area contributed by atoms with Gasteiger partial charge < -0.3 is 4.79 Å². The second-order valence-corrected chi connectivity index (χ2v) is 6.53. The number of hydrogen-bond donors (Lipinski definition) is 0. The molecule has 0 amide bonds. The van der Waals surface area contributed by atoms with E-state index in [1.54, 1.807) is 6.20 Å². The minimum absolute atomic E-state index is 0.190. The molecule has 110 valence electrons. The predicted octanol–water partition coefficient (Wildman–Crippen LogP) is 3.41. The monoisotopic (exact) mass is 356 g/mol. The van der Waals surface area contributed by atoms with E-state index in [1.807, 2.05) is 35.3 Å². The van der Waals surface area contributed by atoms with Crippen LogP contribution in [0.3, 0.4) is 0 Å². The molecule has 0 bridgehead atoms. The molecule has 1 aliphatic carbocycles. The van der Waals surface area contributed by atoms with Gasteiger partial charge in [0.1, 0.15) is 6.29 Å². The van der Waals surface area contributed by atoms with Gasteiger partial charge in [0.25, 0.3) is 0 Å². The third-order valence-corrected chi connectivity index (χ3v) is 4.61. The van der Waals surface area contributed by atoms with E-state index in [2.05, 4.69) is 31.0 Å². The zero-order valence-corrected chi connectivity index (χ0v) is 13.3. The second-order valence-electron chi connectivity index (χ2n) is 5.62. The van der Waals surface area contributed by atoms with Crippen molar-refractivity contribution in [2.45, 2.75) is 18.9 Å². The highest BCUT2D eigenvalue weighted by Crippen LogP contribution is 2.36. The van der Waals surface area contributed by atoms with Crippen LogP contribution in [0.15, 0.2) is 41.3 Å². The van der Waals surface area contributed by atoms with E-state index in [9.17, 15) is 4.79 Å². The summed E-state index contributed by atoms with van der Waals surface area (Å²) < 4.78 is 2.92. The van der Waals surface area contributed by atoms with Gasteiger partial charge in [0.05, 0.1) is 35.2 Å². The second kappa shape index (κ2) is 5.28. The number of aldehydes is 1. The Labute approximate surface area is 135 Å². The Morgan fingerprint density at radius 3 is 2.91 bits per heavy atom. The third-order valence-electron chi connectivity index (χ3n) is 4.12. The smallest absolute Gasteiger partial charge is 0.123 e. The number of fused-ring (bicyclic) bond motifs is 1. The van der Waals surface area contributed by atoms with Crippen LogP contribution >= 0.6 is 15.9 Å². The average molecular weight is 357 g/mol. The van der Waals surface area contributed by atoms with Gasteiger partial charge in [-0.2, -0.15) is 5.10 Å². The largest absolute Gasteiger partial charge is 0.303 e. The van der Waals surface area contributed by atoms with E-state index in [4.69, 9.17) is 0 Å². The van der Waals surface area contributed by atoms with Gasteiger partial charge in [-0.05, 0) is 31.0 Å². The first-order chi connectivity index (χ1) is 10.7. The first kappa shape index (κ1) is 13.6. The highest BCUT2D eigenvalue weighted by molar-refractivity contribution is 9.10. The van der Waals surface area contributed by atoms with Crippen molar-refractivity contribution in [3.63, 3.8) is 0 Å². The molecule has 5 nitrogen and oxygen atoms in total. The standard InChI is InChI=1S/C16H13BrN4O/c17-12-1-2-14-15(5-12)20-16(7-18-14)11-6-19-21(8-11)13-3-10(4-13)9-22/h1-2,5-10,13H,3-4H2. The van der Waals surface area contributed by atoms with Crippen molar-refractivity contribution < 1.29 is 4.79 Å². The Kier molecular flexibility index (Phi) is 3.26. The fourth-order valence-electron chi connectivity index (χ4n) is 2.75. The predicted molar refractivity (Wildman–Crippen MR) is 86.3 cm³/mol. The van der Waals surface area contributed by atoms with Crippen LogP contribution in [0.4, 0.5) is 0 Å². The van der Waals surface area contributed by atoms with Gasteiger partial charge in [-0.25, -0.2) is 4.98 Å². The molecule has 0 atom stereocenters.